The van der Waals surface area contributed by atoms with Gasteiger partial charge in [-0.15, -0.1) is 6.58 Å². The number of hydrogen-bond donors (Lipinski definition) is 0. The fourth-order valence-electron chi connectivity index (χ4n) is 2.37. The minimum absolute atomic E-state index is 0.0610. The summed E-state index contributed by atoms with van der Waals surface area (Å²) in [7, 11) is 0. The third-order valence-electron chi connectivity index (χ3n) is 3.15. The molecular weight excluding hydrogens is 242 g/mol. The summed E-state index contributed by atoms with van der Waals surface area (Å²) in [4.78, 5) is 25.6. The molecule has 100 valence electrons. The van der Waals surface area contributed by atoms with Gasteiger partial charge in [0.1, 0.15) is 0 Å². The first kappa shape index (κ1) is 13.3. The summed E-state index contributed by atoms with van der Waals surface area (Å²) in [6.07, 6.45) is 1.78. The van der Waals surface area contributed by atoms with Crippen LogP contribution in [-0.4, -0.2) is 25.0 Å². The van der Waals surface area contributed by atoms with E-state index in [1.54, 1.807) is 17.9 Å². The number of carbonyl (C=O) groups is 2. The molecule has 1 aromatic carbocycles. The van der Waals surface area contributed by atoms with E-state index in [0.29, 0.717) is 13.2 Å². The molecule has 0 saturated carbocycles. The maximum Gasteiger partial charge on any atom is 0.306 e. The first-order valence-corrected chi connectivity index (χ1v) is 6.35. The first-order chi connectivity index (χ1) is 9.19. The molecule has 4 heteroatoms. The standard InChI is InChI=1S/C15H17NO3/c1-3-9-16-13-8-6-5-7-11(13)12(15(16)18)10-14(17)19-4-2/h3,5-8,12H,1,4,9-10H2,2H3. The van der Waals surface area contributed by atoms with Gasteiger partial charge in [-0.2, -0.15) is 0 Å². The molecule has 1 unspecified atom stereocenters. The summed E-state index contributed by atoms with van der Waals surface area (Å²) in [5.74, 6) is -0.833. The van der Waals surface area contributed by atoms with Gasteiger partial charge in [0, 0.05) is 12.2 Å². The number of benzene rings is 1. The van der Waals surface area contributed by atoms with Crippen molar-refractivity contribution in [3.8, 4) is 0 Å². The van der Waals surface area contributed by atoms with E-state index in [9.17, 15) is 9.59 Å². The first-order valence-electron chi connectivity index (χ1n) is 6.35. The average Bonchev–Trinajstić information content (AvgIpc) is 2.66. The highest BCUT2D eigenvalue weighted by Crippen LogP contribution is 2.38. The van der Waals surface area contributed by atoms with Crippen LogP contribution in [0.15, 0.2) is 36.9 Å². The highest BCUT2D eigenvalue weighted by molar-refractivity contribution is 6.06. The van der Waals surface area contributed by atoms with E-state index < -0.39 is 5.92 Å². The van der Waals surface area contributed by atoms with Crippen molar-refractivity contribution in [1.29, 1.82) is 0 Å². The van der Waals surface area contributed by atoms with E-state index in [1.807, 2.05) is 24.3 Å². The highest BCUT2D eigenvalue weighted by Gasteiger charge is 2.37. The van der Waals surface area contributed by atoms with Crippen molar-refractivity contribution in [3.05, 3.63) is 42.5 Å². The van der Waals surface area contributed by atoms with Gasteiger partial charge in [-0.05, 0) is 18.6 Å². The van der Waals surface area contributed by atoms with Crippen molar-refractivity contribution in [3.63, 3.8) is 0 Å². The van der Waals surface area contributed by atoms with Gasteiger partial charge >= 0.3 is 5.97 Å². The smallest absolute Gasteiger partial charge is 0.306 e. The maximum absolute atomic E-state index is 12.4. The Hall–Kier alpha value is -2.10. The van der Waals surface area contributed by atoms with Gasteiger partial charge in [0.25, 0.3) is 0 Å². The van der Waals surface area contributed by atoms with E-state index in [2.05, 4.69) is 6.58 Å². The maximum atomic E-state index is 12.4. The minimum atomic E-state index is -0.435. The number of hydrogen-bond acceptors (Lipinski definition) is 3. The number of amides is 1. The number of rotatable bonds is 5. The van der Waals surface area contributed by atoms with Crippen LogP contribution < -0.4 is 4.90 Å². The molecule has 19 heavy (non-hydrogen) atoms. The zero-order valence-corrected chi connectivity index (χ0v) is 11.0. The Morgan fingerprint density at radius 2 is 2.21 bits per heavy atom. The fourth-order valence-corrected chi connectivity index (χ4v) is 2.37. The molecule has 0 aromatic heterocycles. The largest absolute Gasteiger partial charge is 0.466 e. The van der Waals surface area contributed by atoms with Crippen LogP contribution in [0.3, 0.4) is 0 Å². The van der Waals surface area contributed by atoms with Crippen molar-refractivity contribution in [1.82, 2.24) is 0 Å². The lowest BCUT2D eigenvalue weighted by atomic mass is 9.97. The lowest BCUT2D eigenvalue weighted by molar-refractivity contribution is -0.144. The summed E-state index contributed by atoms with van der Waals surface area (Å²) in [5, 5.41) is 0. The second-order valence-corrected chi connectivity index (χ2v) is 4.36. The molecule has 1 aliphatic rings. The number of esters is 1. The quantitative estimate of drug-likeness (QED) is 0.602. The van der Waals surface area contributed by atoms with E-state index >= 15 is 0 Å². The second-order valence-electron chi connectivity index (χ2n) is 4.36. The molecule has 0 saturated heterocycles. The second kappa shape index (κ2) is 5.69. The Morgan fingerprint density at radius 1 is 1.47 bits per heavy atom. The number of fused-ring (bicyclic) bond motifs is 1. The van der Waals surface area contributed by atoms with Crippen LogP contribution in [-0.2, 0) is 14.3 Å². The van der Waals surface area contributed by atoms with Gasteiger partial charge in [0.15, 0.2) is 0 Å². The molecule has 1 heterocycles. The number of carbonyl (C=O) groups excluding carboxylic acids is 2. The van der Waals surface area contributed by atoms with Crippen LogP contribution in [0.4, 0.5) is 5.69 Å². The zero-order chi connectivity index (χ0) is 13.8. The number of ether oxygens (including phenoxy) is 1. The Labute approximate surface area is 112 Å². The van der Waals surface area contributed by atoms with Gasteiger partial charge < -0.3 is 9.64 Å². The monoisotopic (exact) mass is 259 g/mol. The third kappa shape index (κ3) is 2.52. The molecule has 0 radical (unpaired) electrons. The summed E-state index contributed by atoms with van der Waals surface area (Å²) in [6.45, 7) is 6.20. The zero-order valence-electron chi connectivity index (χ0n) is 11.0. The Balaban J connectivity index is 2.27. The molecule has 2 rings (SSSR count). The Bertz CT molecular complexity index is 510. The van der Waals surface area contributed by atoms with Crippen LogP contribution in [0.1, 0.15) is 24.8 Å². The van der Waals surface area contributed by atoms with E-state index in [4.69, 9.17) is 4.74 Å². The molecule has 4 nitrogen and oxygen atoms in total. The van der Waals surface area contributed by atoms with Crippen molar-refractivity contribution >= 4 is 17.6 Å². The number of para-hydroxylation sites is 1. The van der Waals surface area contributed by atoms with Gasteiger partial charge in [-0.1, -0.05) is 24.3 Å². The van der Waals surface area contributed by atoms with Crippen LogP contribution in [0.25, 0.3) is 0 Å². The molecule has 0 spiro atoms. The van der Waals surface area contributed by atoms with Gasteiger partial charge in [0.2, 0.25) is 5.91 Å². The molecule has 1 amide bonds. The van der Waals surface area contributed by atoms with Gasteiger partial charge in [0.05, 0.1) is 18.9 Å². The molecule has 1 aliphatic heterocycles. The van der Waals surface area contributed by atoms with Gasteiger partial charge in [-0.3, -0.25) is 9.59 Å². The molecular formula is C15H17NO3. The predicted molar refractivity (Wildman–Crippen MR) is 73.0 cm³/mol. The molecule has 0 fully saturated rings. The van der Waals surface area contributed by atoms with E-state index in [1.165, 1.54) is 0 Å². The summed E-state index contributed by atoms with van der Waals surface area (Å²) in [6, 6.07) is 7.54. The molecule has 0 aliphatic carbocycles. The van der Waals surface area contributed by atoms with Crippen LogP contribution in [0, 0.1) is 0 Å². The molecule has 1 aromatic rings. The molecule has 1 atom stereocenters. The minimum Gasteiger partial charge on any atom is -0.466 e. The summed E-state index contributed by atoms with van der Waals surface area (Å²) in [5.41, 5.74) is 1.75. The summed E-state index contributed by atoms with van der Waals surface area (Å²) >= 11 is 0. The van der Waals surface area contributed by atoms with Gasteiger partial charge in [-0.25, -0.2) is 0 Å². The fraction of sp³-hybridized carbons (Fsp3) is 0.333. The summed E-state index contributed by atoms with van der Waals surface area (Å²) < 4.78 is 4.93. The van der Waals surface area contributed by atoms with Crippen molar-refractivity contribution in [2.24, 2.45) is 0 Å². The lowest BCUT2D eigenvalue weighted by Gasteiger charge is -2.15. The van der Waals surface area contributed by atoms with E-state index in [-0.39, 0.29) is 18.3 Å². The predicted octanol–water partition coefficient (Wildman–Crippen LogP) is 2.26. The molecule has 0 N–H and O–H groups in total. The van der Waals surface area contributed by atoms with Crippen LogP contribution in [0.2, 0.25) is 0 Å². The molecule has 0 bridgehead atoms. The average molecular weight is 259 g/mol. The number of nitrogens with zero attached hydrogens (tertiary/aromatic N) is 1. The lowest BCUT2D eigenvalue weighted by Crippen LogP contribution is -2.29. The van der Waals surface area contributed by atoms with Crippen molar-refractivity contribution in [2.75, 3.05) is 18.1 Å². The normalized spacial score (nSPS) is 17.2. The van der Waals surface area contributed by atoms with Crippen LogP contribution in [0.5, 0.6) is 0 Å². The topological polar surface area (TPSA) is 46.6 Å². The highest BCUT2D eigenvalue weighted by atomic mass is 16.5. The Morgan fingerprint density at radius 3 is 2.89 bits per heavy atom. The Kier molecular flexibility index (Phi) is 4.00. The van der Waals surface area contributed by atoms with E-state index in [0.717, 1.165) is 11.3 Å². The van der Waals surface area contributed by atoms with Crippen molar-refractivity contribution < 1.29 is 14.3 Å². The van der Waals surface area contributed by atoms with Crippen molar-refractivity contribution in [2.45, 2.75) is 19.3 Å². The number of anilines is 1. The van der Waals surface area contributed by atoms with Crippen LogP contribution >= 0.6 is 0 Å². The third-order valence-corrected chi connectivity index (χ3v) is 3.15. The SMILES string of the molecule is C=CCN1C(=O)C(CC(=O)OCC)c2ccccc21.